The van der Waals surface area contributed by atoms with E-state index in [0.29, 0.717) is 23.8 Å². The fourth-order valence-electron chi connectivity index (χ4n) is 1.97. The first-order valence-electron chi connectivity index (χ1n) is 8.49. The van der Waals surface area contributed by atoms with Crippen LogP contribution in [0.3, 0.4) is 0 Å². The fraction of sp³-hybridized carbons (Fsp3) is 0.579. The van der Waals surface area contributed by atoms with Crippen molar-refractivity contribution in [2.45, 2.75) is 52.7 Å². The Bertz CT molecular complexity index is 577. The predicted octanol–water partition coefficient (Wildman–Crippen LogP) is 3.11. The SMILES string of the molecule is CC(C)COc1cccc(C(=O)NC(CCOC(C)(C)C)C(=O)O)c1. The number of hydrogen-bond donors (Lipinski definition) is 2. The Hall–Kier alpha value is -2.08. The Morgan fingerprint density at radius 3 is 2.48 bits per heavy atom. The molecule has 0 saturated carbocycles. The number of benzene rings is 1. The van der Waals surface area contributed by atoms with Crippen LogP contribution in [0.5, 0.6) is 5.75 Å². The van der Waals surface area contributed by atoms with Gasteiger partial charge in [-0.15, -0.1) is 0 Å². The highest BCUT2D eigenvalue weighted by molar-refractivity contribution is 5.96. The van der Waals surface area contributed by atoms with Crippen LogP contribution in [0, 0.1) is 5.92 Å². The summed E-state index contributed by atoms with van der Waals surface area (Å²) in [5.41, 5.74) is 0.0130. The van der Waals surface area contributed by atoms with Gasteiger partial charge in [0.2, 0.25) is 0 Å². The van der Waals surface area contributed by atoms with Gasteiger partial charge >= 0.3 is 5.97 Å². The van der Waals surface area contributed by atoms with Gasteiger partial charge in [-0.1, -0.05) is 19.9 Å². The minimum Gasteiger partial charge on any atom is -0.493 e. The average Bonchev–Trinajstić information content (AvgIpc) is 2.50. The molecule has 1 atom stereocenters. The van der Waals surface area contributed by atoms with Gasteiger partial charge in [0.1, 0.15) is 11.8 Å². The first-order valence-corrected chi connectivity index (χ1v) is 8.49. The van der Waals surface area contributed by atoms with Gasteiger partial charge in [0.15, 0.2) is 0 Å². The smallest absolute Gasteiger partial charge is 0.326 e. The molecular formula is C19H29NO5. The summed E-state index contributed by atoms with van der Waals surface area (Å²) in [5, 5.41) is 11.8. The van der Waals surface area contributed by atoms with Crippen molar-refractivity contribution in [1.29, 1.82) is 0 Å². The van der Waals surface area contributed by atoms with E-state index in [4.69, 9.17) is 9.47 Å². The lowest BCUT2D eigenvalue weighted by Crippen LogP contribution is -2.42. The summed E-state index contributed by atoms with van der Waals surface area (Å²) in [4.78, 5) is 23.7. The second-order valence-electron chi connectivity index (χ2n) is 7.35. The normalized spacial score (nSPS) is 12.7. The number of rotatable bonds is 9. The van der Waals surface area contributed by atoms with Crippen molar-refractivity contribution >= 4 is 11.9 Å². The molecule has 0 aliphatic carbocycles. The van der Waals surface area contributed by atoms with E-state index in [1.54, 1.807) is 24.3 Å². The van der Waals surface area contributed by atoms with E-state index in [2.05, 4.69) is 5.32 Å². The molecule has 0 radical (unpaired) electrons. The quantitative estimate of drug-likeness (QED) is 0.714. The topological polar surface area (TPSA) is 84.9 Å². The second kappa shape index (κ2) is 9.42. The maximum atomic E-state index is 12.3. The minimum atomic E-state index is -1.09. The molecule has 0 fully saturated rings. The first-order chi connectivity index (χ1) is 11.6. The monoisotopic (exact) mass is 351 g/mol. The van der Waals surface area contributed by atoms with Crippen molar-refractivity contribution in [1.82, 2.24) is 5.32 Å². The van der Waals surface area contributed by atoms with Crippen molar-refractivity contribution in [3.8, 4) is 5.75 Å². The van der Waals surface area contributed by atoms with Crippen LogP contribution in [0.4, 0.5) is 0 Å². The largest absolute Gasteiger partial charge is 0.493 e. The molecule has 0 spiro atoms. The molecule has 2 N–H and O–H groups in total. The zero-order chi connectivity index (χ0) is 19.0. The van der Waals surface area contributed by atoms with Crippen molar-refractivity contribution in [2.24, 2.45) is 5.92 Å². The van der Waals surface area contributed by atoms with Gasteiger partial charge in [0, 0.05) is 18.6 Å². The molecule has 1 amide bonds. The molecule has 0 aliphatic heterocycles. The molecule has 25 heavy (non-hydrogen) atoms. The van der Waals surface area contributed by atoms with Gasteiger partial charge in [-0.2, -0.15) is 0 Å². The summed E-state index contributed by atoms with van der Waals surface area (Å²) in [5.74, 6) is -0.572. The molecule has 1 rings (SSSR count). The van der Waals surface area contributed by atoms with Crippen molar-refractivity contribution in [3.05, 3.63) is 29.8 Å². The highest BCUT2D eigenvalue weighted by Crippen LogP contribution is 2.15. The number of aliphatic carboxylic acids is 1. The van der Waals surface area contributed by atoms with E-state index in [1.807, 2.05) is 34.6 Å². The first kappa shape index (κ1) is 21.0. The third-order valence-corrected chi connectivity index (χ3v) is 3.22. The van der Waals surface area contributed by atoms with Crippen molar-refractivity contribution < 1.29 is 24.2 Å². The standard InChI is InChI=1S/C19H29NO5/c1-13(2)12-24-15-8-6-7-14(11-15)17(21)20-16(18(22)23)9-10-25-19(3,4)5/h6-8,11,13,16H,9-10,12H2,1-5H3,(H,20,21)(H,22,23). The fourth-order valence-corrected chi connectivity index (χ4v) is 1.97. The van der Waals surface area contributed by atoms with Crippen molar-refractivity contribution in [3.63, 3.8) is 0 Å². The molecule has 1 aromatic carbocycles. The van der Waals surface area contributed by atoms with Gasteiger partial charge in [-0.25, -0.2) is 4.79 Å². The van der Waals surface area contributed by atoms with Crippen LogP contribution in [-0.2, 0) is 9.53 Å². The van der Waals surface area contributed by atoms with E-state index in [1.165, 1.54) is 0 Å². The summed E-state index contributed by atoms with van der Waals surface area (Å²) < 4.78 is 11.1. The number of carbonyl (C=O) groups excluding carboxylic acids is 1. The zero-order valence-corrected chi connectivity index (χ0v) is 15.7. The lowest BCUT2D eigenvalue weighted by atomic mass is 10.1. The molecule has 1 aromatic rings. The Kier molecular flexibility index (Phi) is 7.90. The van der Waals surface area contributed by atoms with E-state index in [-0.39, 0.29) is 18.6 Å². The summed E-state index contributed by atoms with van der Waals surface area (Å²) in [6.07, 6.45) is 0.196. The summed E-state index contributed by atoms with van der Waals surface area (Å²) in [6, 6.07) is 5.72. The number of amides is 1. The lowest BCUT2D eigenvalue weighted by molar-refractivity contribution is -0.140. The van der Waals surface area contributed by atoms with Gasteiger partial charge in [-0.05, 0) is 44.9 Å². The van der Waals surface area contributed by atoms with Crippen LogP contribution in [0.2, 0.25) is 0 Å². The average molecular weight is 351 g/mol. The number of carboxylic acid groups (broad SMARTS) is 1. The van der Waals surface area contributed by atoms with E-state index in [0.717, 1.165) is 0 Å². The van der Waals surface area contributed by atoms with E-state index >= 15 is 0 Å². The van der Waals surface area contributed by atoms with E-state index in [9.17, 15) is 14.7 Å². The molecule has 0 saturated heterocycles. The third-order valence-electron chi connectivity index (χ3n) is 3.22. The lowest BCUT2D eigenvalue weighted by Gasteiger charge is -2.21. The molecule has 0 aromatic heterocycles. The summed E-state index contributed by atoms with van der Waals surface area (Å²) in [6.45, 7) is 10.5. The van der Waals surface area contributed by atoms with Gasteiger partial charge in [0.25, 0.3) is 5.91 Å². The molecule has 0 aliphatic rings. The Morgan fingerprint density at radius 1 is 1.24 bits per heavy atom. The highest BCUT2D eigenvalue weighted by Gasteiger charge is 2.22. The number of ether oxygens (including phenoxy) is 2. The number of nitrogens with one attached hydrogen (secondary N) is 1. The maximum absolute atomic E-state index is 12.3. The number of carboxylic acids is 1. The summed E-state index contributed by atoms with van der Waals surface area (Å²) in [7, 11) is 0. The van der Waals surface area contributed by atoms with Crippen LogP contribution in [0.15, 0.2) is 24.3 Å². The maximum Gasteiger partial charge on any atom is 0.326 e. The van der Waals surface area contributed by atoms with Crippen LogP contribution in [0.25, 0.3) is 0 Å². The summed E-state index contributed by atoms with van der Waals surface area (Å²) >= 11 is 0. The minimum absolute atomic E-state index is 0.196. The Balaban J connectivity index is 2.67. The number of carbonyl (C=O) groups is 2. The molecule has 0 heterocycles. The Labute approximate surface area is 149 Å². The molecule has 1 unspecified atom stereocenters. The predicted molar refractivity (Wildman–Crippen MR) is 96.0 cm³/mol. The molecule has 140 valence electrons. The zero-order valence-electron chi connectivity index (χ0n) is 15.7. The highest BCUT2D eigenvalue weighted by atomic mass is 16.5. The Morgan fingerprint density at radius 2 is 1.92 bits per heavy atom. The molecule has 6 heteroatoms. The van der Waals surface area contributed by atoms with Crippen LogP contribution in [-0.4, -0.2) is 41.8 Å². The molecule has 6 nitrogen and oxygen atoms in total. The second-order valence-corrected chi connectivity index (χ2v) is 7.35. The van der Waals surface area contributed by atoms with E-state index < -0.39 is 17.9 Å². The number of hydrogen-bond acceptors (Lipinski definition) is 4. The van der Waals surface area contributed by atoms with Crippen LogP contribution < -0.4 is 10.1 Å². The third kappa shape index (κ3) is 8.54. The van der Waals surface area contributed by atoms with Gasteiger partial charge in [0.05, 0.1) is 12.2 Å². The van der Waals surface area contributed by atoms with Crippen LogP contribution >= 0.6 is 0 Å². The van der Waals surface area contributed by atoms with Crippen LogP contribution in [0.1, 0.15) is 51.4 Å². The van der Waals surface area contributed by atoms with Crippen molar-refractivity contribution in [2.75, 3.05) is 13.2 Å². The van der Waals surface area contributed by atoms with Gasteiger partial charge in [-0.3, -0.25) is 4.79 Å². The van der Waals surface area contributed by atoms with Gasteiger partial charge < -0.3 is 19.9 Å². The molecular weight excluding hydrogens is 322 g/mol. The molecule has 0 bridgehead atoms.